The number of benzene rings is 1. The molecule has 1 saturated heterocycles. The fraction of sp³-hybridized carbons (Fsp3) is 0.579. The molecule has 1 fully saturated rings. The fourth-order valence-electron chi connectivity index (χ4n) is 2.95. The maximum atomic E-state index is 12.3. The fourth-order valence-corrected chi connectivity index (χ4v) is 2.95. The smallest absolute Gasteiger partial charge is 0.246 e. The van der Waals surface area contributed by atoms with Crippen molar-refractivity contribution in [2.45, 2.75) is 39.7 Å². The Balaban J connectivity index is 1.86. The molecule has 1 aliphatic rings. The standard InChI is InChI=1S/C19H29N3O3/c1-4-22(5-2)17-8-6-16(7-9-17)21-18(23)14(3)20-19(24)15-10-12-25-13-11-15/h6-9,14-15H,4-5,10-13H2,1-3H3,(H,20,24)(H,21,23)/t14-/m1/s1. The second-order valence-electron chi connectivity index (χ2n) is 6.33. The first-order valence-corrected chi connectivity index (χ1v) is 9.09. The van der Waals surface area contributed by atoms with E-state index in [1.807, 2.05) is 24.3 Å². The van der Waals surface area contributed by atoms with Gasteiger partial charge in [-0.15, -0.1) is 0 Å². The van der Waals surface area contributed by atoms with Crippen LogP contribution in [0.2, 0.25) is 0 Å². The molecule has 1 heterocycles. The number of hydrogen-bond acceptors (Lipinski definition) is 4. The summed E-state index contributed by atoms with van der Waals surface area (Å²) >= 11 is 0. The average molecular weight is 347 g/mol. The molecule has 0 spiro atoms. The summed E-state index contributed by atoms with van der Waals surface area (Å²) < 4.78 is 5.26. The molecule has 138 valence electrons. The van der Waals surface area contributed by atoms with Crippen molar-refractivity contribution in [3.8, 4) is 0 Å². The second-order valence-corrected chi connectivity index (χ2v) is 6.33. The highest BCUT2D eigenvalue weighted by Gasteiger charge is 2.24. The van der Waals surface area contributed by atoms with Crippen molar-refractivity contribution < 1.29 is 14.3 Å². The van der Waals surface area contributed by atoms with Crippen LogP contribution < -0.4 is 15.5 Å². The predicted molar refractivity (Wildman–Crippen MR) is 99.8 cm³/mol. The van der Waals surface area contributed by atoms with Crippen molar-refractivity contribution in [1.82, 2.24) is 5.32 Å². The number of amides is 2. The number of anilines is 2. The zero-order chi connectivity index (χ0) is 18.2. The average Bonchev–Trinajstić information content (AvgIpc) is 2.64. The summed E-state index contributed by atoms with van der Waals surface area (Å²) in [6, 6.07) is 7.19. The van der Waals surface area contributed by atoms with Gasteiger partial charge in [0.15, 0.2) is 0 Å². The van der Waals surface area contributed by atoms with E-state index in [1.165, 1.54) is 0 Å². The number of carbonyl (C=O) groups is 2. The molecular formula is C19H29N3O3. The summed E-state index contributed by atoms with van der Waals surface area (Å²) in [6.45, 7) is 9.03. The largest absolute Gasteiger partial charge is 0.381 e. The van der Waals surface area contributed by atoms with Crippen LogP contribution in [-0.2, 0) is 14.3 Å². The molecule has 1 aromatic rings. The molecule has 2 rings (SSSR count). The van der Waals surface area contributed by atoms with E-state index in [0.29, 0.717) is 26.1 Å². The van der Waals surface area contributed by atoms with Gasteiger partial charge in [-0.25, -0.2) is 0 Å². The SMILES string of the molecule is CCN(CC)c1ccc(NC(=O)[C@@H](C)NC(=O)C2CCOCC2)cc1. The number of ether oxygens (including phenoxy) is 1. The van der Waals surface area contributed by atoms with E-state index in [0.717, 1.165) is 24.5 Å². The van der Waals surface area contributed by atoms with Gasteiger partial charge < -0.3 is 20.3 Å². The molecule has 6 heteroatoms. The molecule has 0 aliphatic carbocycles. The molecule has 25 heavy (non-hydrogen) atoms. The minimum Gasteiger partial charge on any atom is -0.381 e. The maximum Gasteiger partial charge on any atom is 0.246 e. The number of rotatable bonds is 7. The molecule has 1 atom stereocenters. The van der Waals surface area contributed by atoms with Gasteiger partial charge >= 0.3 is 0 Å². The van der Waals surface area contributed by atoms with Crippen LogP contribution in [0.25, 0.3) is 0 Å². The van der Waals surface area contributed by atoms with Gasteiger partial charge in [-0.2, -0.15) is 0 Å². The first-order chi connectivity index (χ1) is 12.0. The van der Waals surface area contributed by atoms with Crippen molar-refractivity contribution in [1.29, 1.82) is 0 Å². The Morgan fingerprint density at radius 3 is 2.32 bits per heavy atom. The lowest BCUT2D eigenvalue weighted by Gasteiger charge is -2.23. The summed E-state index contributed by atoms with van der Waals surface area (Å²) in [6.07, 6.45) is 1.43. The van der Waals surface area contributed by atoms with Crippen molar-refractivity contribution in [3.05, 3.63) is 24.3 Å². The van der Waals surface area contributed by atoms with Gasteiger partial charge in [0.2, 0.25) is 11.8 Å². The van der Waals surface area contributed by atoms with Gasteiger partial charge in [-0.3, -0.25) is 9.59 Å². The lowest BCUT2D eigenvalue weighted by Crippen LogP contribution is -2.45. The first kappa shape index (κ1) is 19.2. The summed E-state index contributed by atoms with van der Waals surface area (Å²) in [5.74, 6) is -0.337. The van der Waals surface area contributed by atoms with Gasteiger partial charge in [0.1, 0.15) is 6.04 Å². The van der Waals surface area contributed by atoms with E-state index in [9.17, 15) is 9.59 Å². The van der Waals surface area contributed by atoms with Crippen LogP contribution in [0.1, 0.15) is 33.6 Å². The van der Waals surface area contributed by atoms with Crippen molar-refractivity contribution in [2.24, 2.45) is 5.92 Å². The molecular weight excluding hydrogens is 318 g/mol. The number of carbonyl (C=O) groups excluding carboxylic acids is 2. The zero-order valence-corrected chi connectivity index (χ0v) is 15.4. The highest BCUT2D eigenvalue weighted by molar-refractivity contribution is 5.97. The maximum absolute atomic E-state index is 12.3. The molecule has 1 aromatic carbocycles. The minimum atomic E-state index is -0.571. The molecule has 1 aliphatic heterocycles. The normalized spacial score (nSPS) is 16.1. The summed E-state index contributed by atoms with van der Waals surface area (Å²) in [5.41, 5.74) is 1.86. The number of nitrogens with zero attached hydrogens (tertiary/aromatic N) is 1. The monoisotopic (exact) mass is 347 g/mol. The van der Waals surface area contributed by atoms with E-state index in [1.54, 1.807) is 6.92 Å². The van der Waals surface area contributed by atoms with Gasteiger partial charge in [0, 0.05) is 43.6 Å². The van der Waals surface area contributed by atoms with Crippen molar-refractivity contribution in [3.63, 3.8) is 0 Å². The molecule has 2 amide bonds. The molecule has 0 bridgehead atoms. The van der Waals surface area contributed by atoms with Crippen LogP contribution in [-0.4, -0.2) is 44.2 Å². The topological polar surface area (TPSA) is 70.7 Å². The van der Waals surface area contributed by atoms with E-state index < -0.39 is 6.04 Å². The first-order valence-electron chi connectivity index (χ1n) is 9.09. The third-order valence-corrected chi connectivity index (χ3v) is 4.61. The third kappa shape index (κ3) is 5.46. The second kappa shape index (κ2) is 9.42. The Kier molecular flexibility index (Phi) is 7.25. The highest BCUT2D eigenvalue weighted by Crippen LogP contribution is 2.18. The Bertz CT molecular complexity index is 564. The Labute approximate surface area is 149 Å². The molecule has 0 radical (unpaired) electrons. The van der Waals surface area contributed by atoms with Gasteiger partial charge in [0.25, 0.3) is 0 Å². The molecule has 2 N–H and O–H groups in total. The predicted octanol–water partition coefficient (Wildman–Crippen LogP) is 2.40. The summed E-state index contributed by atoms with van der Waals surface area (Å²) in [7, 11) is 0. The number of hydrogen-bond donors (Lipinski definition) is 2. The number of nitrogens with one attached hydrogen (secondary N) is 2. The van der Waals surface area contributed by atoms with Crippen LogP contribution in [0.5, 0.6) is 0 Å². The molecule has 0 unspecified atom stereocenters. The summed E-state index contributed by atoms with van der Waals surface area (Å²) in [5, 5.41) is 5.66. The highest BCUT2D eigenvalue weighted by atomic mass is 16.5. The van der Waals surface area contributed by atoms with Crippen LogP contribution in [0.3, 0.4) is 0 Å². The van der Waals surface area contributed by atoms with Crippen molar-refractivity contribution >= 4 is 23.2 Å². The zero-order valence-electron chi connectivity index (χ0n) is 15.4. The van der Waals surface area contributed by atoms with Gasteiger partial charge in [-0.05, 0) is 57.9 Å². The quantitative estimate of drug-likeness (QED) is 0.795. The Morgan fingerprint density at radius 2 is 1.76 bits per heavy atom. The molecule has 0 saturated carbocycles. The van der Waals surface area contributed by atoms with E-state index in [-0.39, 0.29) is 17.7 Å². The van der Waals surface area contributed by atoms with E-state index in [2.05, 4.69) is 29.4 Å². The Hall–Kier alpha value is -2.08. The van der Waals surface area contributed by atoms with E-state index in [4.69, 9.17) is 4.74 Å². The van der Waals surface area contributed by atoms with Crippen LogP contribution in [0.4, 0.5) is 11.4 Å². The lowest BCUT2D eigenvalue weighted by atomic mass is 9.99. The van der Waals surface area contributed by atoms with Gasteiger partial charge in [0.05, 0.1) is 0 Å². The lowest BCUT2D eigenvalue weighted by molar-refractivity contribution is -0.131. The Morgan fingerprint density at radius 1 is 1.16 bits per heavy atom. The van der Waals surface area contributed by atoms with E-state index >= 15 is 0 Å². The minimum absolute atomic E-state index is 0.0580. The van der Waals surface area contributed by atoms with Crippen LogP contribution in [0.15, 0.2) is 24.3 Å². The van der Waals surface area contributed by atoms with Crippen LogP contribution >= 0.6 is 0 Å². The summed E-state index contributed by atoms with van der Waals surface area (Å²) in [4.78, 5) is 26.7. The van der Waals surface area contributed by atoms with Crippen molar-refractivity contribution in [2.75, 3.05) is 36.5 Å². The molecule has 6 nitrogen and oxygen atoms in total. The van der Waals surface area contributed by atoms with Crippen LogP contribution in [0, 0.1) is 5.92 Å². The van der Waals surface area contributed by atoms with Gasteiger partial charge in [-0.1, -0.05) is 0 Å². The molecule has 0 aromatic heterocycles. The third-order valence-electron chi connectivity index (χ3n) is 4.61.